The molecule has 0 rings (SSSR count). The minimum atomic E-state index is -0.564. The van der Waals surface area contributed by atoms with E-state index < -0.39 is 6.04 Å². The number of hydrogen-bond donors (Lipinski definition) is 0. The lowest BCUT2D eigenvalue weighted by Crippen LogP contribution is -2.45. The Bertz CT molecular complexity index is 296. The van der Waals surface area contributed by atoms with Crippen molar-refractivity contribution in [3.8, 4) is 0 Å². The third-order valence-electron chi connectivity index (χ3n) is 3.30. The zero-order valence-corrected chi connectivity index (χ0v) is 12.6. The van der Waals surface area contributed by atoms with Crippen LogP contribution in [0.15, 0.2) is 12.7 Å². The first kappa shape index (κ1) is 17.7. The van der Waals surface area contributed by atoms with E-state index in [1.165, 1.54) is 12.0 Å². The van der Waals surface area contributed by atoms with E-state index in [0.29, 0.717) is 6.42 Å². The Morgan fingerprint density at radius 3 is 2.16 bits per heavy atom. The molecule has 0 bridgehead atoms. The topological polar surface area (TPSA) is 46.6 Å². The van der Waals surface area contributed by atoms with E-state index in [9.17, 15) is 9.59 Å². The van der Waals surface area contributed by atoms with Crippen LogP contribution in [0.3, 0.4) is 0 Å². The Balaban J connectivity index is 4.88. The van der Waals surface area contributed by atoms with E-state index in [2.05, 4.69) is 20.4 Å². The number of likely N-dealkylation sites (N-methyl/N-ethyl adjacent to an activating group) is 1. The van der Waals surface area contributed by atoms with E-state index >= 15 is 0 Å². The van der Waals surface area contributed by atoms with Crippen LogP contribution in [0, 0.1) is 5.92 Å². The number of rotatable bonds is 9. The molecule has 0 radical (unpaired) electrons. The van der Waals surface area contributed by atoms with Gasteiger partial charge in [0.25, 0.3) is 0 Å². The molecule has 19 heavy (non-hydrogen) atoms. The first-order chi connectivity index (χ1) is 9.03. The predicted octanol–water partition coefficient (Wildman–Crippen LogP) is 2.78. The third kappa shape index (κ3) is 5.45. The maximum absolute atomic E-state index is 12.4. The smallest absolute Gasteiger partial charge is 0.328 e. The van der Waals surface area contributed by atoms with Crippen molar-refractivity contribution in [2.24, 2.45) is 5.92 Å². The van der Waals surface area contributed by atoms with Crippen molar-refractivity contribution in [1.82, 2.24) is 4.90 Å². The summed E-state index contributed by atoms with van der Waals surface area (Å²) in [6.07, 6.45) is 5.71. The summed E-state index contributed by atoms with van der Waals surface area (Å²) in [7, 11) is 3.01. The van der Waals surface area contributed by atoms with Crippen LogP contribution in [0.25, 0.3) is 0 Å². The highest BCUT2D eigenvalue weighted by atomic mass is 16.5. The highest BCUT2D eigenvalue weighted by Gasteiger charge is 2.30. The Morgan fingerprint density at radius 2 is 1.79 bits per heavy atom. The van der Waals surface area contributed by atoms with Gasteiger partial charge in [-0.25, -0.2) is 4.79 Å². The van der Waals surface area contributed by atoms with E-state index in [-0.39, 0.29) is 17.8 Å². The van der Waals surface area contributed by atoms with Gasteiger partial charge in [0.15, 0.2) is 0 Å². The van der Waals surface area contributed by atoms with Gasteiger partial charge in [0.1, 0.15) is 6.04 Å². The molecule has 0 aliphatic heterocycles. The van der Waals surface area contributed by atoms with E-state index in [1.807, 2.05) is 0 Å². The van der Waals surface area contributed by atoms with Gasteiger partial charge in [-0.3, -0.25) is 4.79 Å². The second-order valence-corrected chi connectivity index (χ2v) is 4.79. The molecule has 110 valence electrons. The monoisotopic (exact) mass is 269 g/mol. The van der Waals surface area contributed by atoms with Crippen molar-refractivity contribution in [3.63, 3.8) is 0 Å². The normalized spacial score (nSPS) is 12.1. The van der Waals surface area contributed by atoms with E-state index in [4.69, 9.17) is 4.74 Å². The van der Waals surface area contributed by atoms with Crippen molar-refractivity contribution >= 4 is 11.9 Å². The fraction of sp³-hybridized carbons (Fsp3) is 0.733. The molecule has 1 atom stereocenters. The molecule has 0 saturated heterocycles. The summed E-state index contributed by atoms with van der Waals surface area (Å²) in [4.78, 5) is 25.7. The summed E-state index contributed by atoms with van der Waals surface area (Å²) >= 11 is 0. The van der Waals surface area contributed by atoms with Gasteiger partial charge in [0.2, 0.25) is 5.91 Å². The molecule has 0 N–H and O–H groups in total. The molecule has 1 unspecified atom stereocenters. The average molecular weight is 269 g/mol. The Hall–Kier alpha value is -1.32. The molecule has 0 spiro atoms. The van der Waals surface area contributed by atoms with Crippen molar-refractivity contribution < 1.29 is 14.3 Å². The van der Waals surface area contributed by atoms with Crippen LogP contribution < -0.4 is 0 Å². The molecule has 4 nitrogen and oxygen atoms in total. The van der Waals surface area contributed by atoms with Gasteiger partial charge in [-0.15, -0.1) is 6.58 Å². The number of carbonyl (C=O) groups excluding carboxylic acids is 2. The van der Waals surface area contributed by atoms with E-state index in [0.717, 1.165) is 25.7 Å². The minimum absolute atomic E-state index is 0.00280. The van der Waals surface area contributed by atoms with Crippen LogP contribution in [-0.4, -0.2) is 37.0 Å². The molecule has 0 aliphatic rings. The van der Waals surface area contributed by atoms with Gasteiger partial charge in [0.05, 0.1) is 7.11 Å². The van der Waals surface area contributed by atoms with Gasteiger partial charge in [0, 0.05) is 13.0 Å². The van der Waals surface area contributed by atoms with Gasteiger partial charge in [-0.05, 0) is 19.3 Å². The molecule has 0 aliphatic carbocycles. The van der Waals surface area contributed by atoms with Gasteiger partial charge in [-0.1, -0.05) is 32.8 Å². The van der Waals surface area contributed by atoms with Gasteiger partial charge in [-0.2, -0.15) is 0 Å². The minimum Gasteiger partial charge on any atom is -0.467 e. The number of methoxy groups -OCH3 is 1. The Kier molecular flexibility index (Phi) is 8.92. The zero-order chi connectivity index (χ0) is 14.8. The summed E-state index contributed by atoms with van der Waals surface area (Å²) in [5, 5.41) is 0. The highest BCUT2D eigenvalue weighted by Crippen LogP contribution is 2.18. The zero-order valence-electron chi connectivity index (χ0n) is 12.6. The fourth-order valence-corrected chi connectivity index (χ4v) is 2.24. The van der Waals surface area contributed by atoms with Crippen LogP contribution in [0.4, 0.5) is 0 Å². The quantitative estimate of drug-likeness (QED) is 0.477. The van der Waals surface area contributed by atoms with Crippen molar-refractivity contribution in [2.75, 3.05) is 14.2 Å². The van der Waals surface area contributed by atoms with Crippen molar-refractivity contribution in [2.45, 2.75) is 52.0 Å². The number of ether oxygens (including phenoxy) is 1. The number of esters is 1. The number of nitrogens with zero attached hydrogens (tertiary/aromatic N) is 1. The summed E-state index contributed by atoms with van der Waals surface area (Å²) in [5.74, 6) is -0.361. The lowest BCUT2D eigenvalue weighted by Gasteiger charge is -2.29. The van der Waals surface area contributed by atoms with E-state index in [1.54, 1.807) is 13.1 Å². The van der Waals surface area contributed by atoms with Gasteiger partial charge < -0.3 is 9.64 Å². The molecular weight excluding hydrogens is 242 g/mol. The molecule has 0 aromatic heterocycles. The maximum Gasteiger partial charge on any atom is 0.328 e. The van der Waals surface area contributed by atoms with Crippen LogP contribution in [0.2, 0.25) is 0 Å². The highest BCUT2D eigenvalue weighted by molar-refractivity contribution is 5.85. The third-order valence-corrected chi connectivity index (χ3v) is 3.30. The van der Waals surface area contributed by atoms with Crippen molar-refractivity contribution in [1.29, 1.82) is 0 Å². The molecular formula is C15H27NO3. The molecule has 0 aromatic rings. The SMILES string of the molecule is C=CCC(C(=O)OC)N(C)C(=O)C(CCC)CCC. The summed E-state index contributed by atoms with van der Waals surface area (Å²) in [6.45, 7) is 7.76. The lowest BCUT2D eigenvalue weighted by molar-refractivity contribution is -0.153. The van der Waals surface area contributed by atoms with Crippen LogP contribution >= 0.6 is 0 Å². The summed E-state index contributed by atoms with van der Waals surface area (Å²) in [6, 6.07) is -0.564. The first-order valence-corrected chi connectivity index (χ1v) is 6.98. The molecule has 4 heteroatoms. The predicted molar refractivity (Wildman–Crippen MR) is 76.7 cm³/mol. The second kappa shape index (κ2) is 9.59. The Morgan fingerprint density at radius 1 is 1.26 bits per heavy atom. The summed E-state index contributed by atoms with van der Waals surface area (Å²) in [5.41, 5.74) is 0. The number of hydrogen-bond acceptors (Lipinski definition) is 3. The second-order valence-electron chi connectivity index (χ2n) is 4.79. The number of amides is 1. The molecule has 1 amide bonds. The Labute approximate surface area is 116 Å². The standard InChI is InChI=1S/C15H27NO3/c1-6-9-12(10-7-2)14(17)16(4)13(11-8-3)15(18)19-5/h8,12-13H,3,6-7,9-11H2,1-2,4-5H3. The maximum atomic E-state index is 12.4. The van der Waals surface area contributed by atoms with Crippen molar-refractivity contribution in [3.05, 3.63) is 12.7 Å². The molecule has 0 fully saturated rings. The van der Waals surface area contributed by atoms with Crippen LogP contribution in [0.1, 0.15) is 46.0 Å². The van der Waals surface area contributed by atoms with Gasteiger partial charge >= 0.3 is 5.97 Å². The average Bonchev–Trinajstić information content (AvgIpc) is 2.42. The lowest BCUT2D eigenvalue weighted by atomic mass is 9.96. The number of carbonyl (C=O) groups is 2. The van der Waals surface area contributed by atoms with Crippen LogP contribution in [0.5, 0.6) is 0 Å². The first-order valence-electron chi connectivity index (χ1n) is 6.98. The molecule has 0 aromatic carbocycles. The molecule has 0 saturated carbocycles. The largest absolute Gasteiger partial charge is 0.467 e. The fourth-order valence-electron chi connectivity index (χ4n) is 2.24. The van der Waals surface area contributed by atoms with Crippen LogP contribution in [-0.2, 0) is 14.3 Å². The summed E-state index contributed by atoms with van der Waals surface area (Å²) < 4.78 is 4.76. The molecule has 0 heterocycles.